The summed E-state index contributed by atoms with van der Waals surface area (Å²) >= 11 is 0. The molecule has 6 heteroatoms. The van der Waals surface area contributed by atoms with Gasteiger partial charge in [0.1, 0.15) is 0 Å². The van der Waals surface area contributed by atoms with E-state index in [1.807, 2.05) is 25.1 Å². The normalized spacial score (nSPS) is 16.6. The highest BCUT2D eigenvalue weighted by Gasteiger charge is 2.21. The number of hydrogen-bond donors (Lipinski definition) is 1. The van der Waals surface area contributed by atoms with Crippen LogP contribution >= 0.6 is 0 Å². The quantitative estimate of drug-likeness (QED) is 0.808. The summed E-state index contributed by atoms with van der Waals surface area (Å²) in [5.74, 6) is 2.53. The molecule has 0 radical (unpaired) electrons. The molecule has 1 N–H and O–H groups in total. The van der Waals surface area contributed by atoms with Crippen LogP contribution in [0.3, 0.4) is 0 Å². The van der Waals surface area contributed by atoms with E-state index in [0.29, 0.717) is 22.8 Å². The van der Waals surface area contributed by atoms with Gasteiger partial charge in [-0.25, -0.2) is 0 Å². The highest BCUT2D eigenvalue weighted by Crippen LogP contribution is 2.34. The molecule has 2 aliphatic rings. The Morgan fingerprint density at radius 2 is 1.86 bits per heavy atom. The van der Waals surface area contributed by atoms with Crippen LogP contribution < -0.4 is 24.3 Å². The Bertz CT molecular complexity index is 860. The van der Waals surface area contributed by atoms with Gasteiger partial charge in [0.05, 0.1) is 19.3 Å². The zero-order chi connectivity index (χ0) is 19.5. The van der Waals surface area contributed by atoms with Crippen molar-refractivity contribution in [3.8, 4) is 23.0 Å². The van der Waals surface area contributed by atoms with E-state index in [1.54, 1.807) is 25.3 Å². The first kappa shape index (κ1) is 18.5. The van der Waals surface area contributed by atoms with Gasteiger partial charge in [-0.1, -0.05) is 6.07 Å². The summed E-state index contributed by atoms with van der Waals surface area (Å²) in [5, 5.41) is 3.02. The molecular formula is C22H25NO5. The van der Waals surface area contributed by atoms with Gasteiger partial charge in [0.2, 0.25) is 6.79 Å². The van der Waals surface area contributed by atoms with Crippen LogP contribution in [0.1, 0.15) is 54.6 Å². The maximum atomic E-state index is 12.6. The lowest BCUT2D eigenvalue weighted by atomic mass is 10.1. The molecule has 0 bridgehead atoms. The predicted octanol–water partition coefficient (Wildman–Crippen LogP) is 4.24. The number of amides is 1. The Labute approximate surface area is 164 Å². The molecule has 1 aliphatic carbocycles. The summed E-state index contributed by atoms with van der Waals surface area (Å²) in [4.78, 5) is 12.6. The average molecular weight is 383 g/mol. The molecule has 28 heavy (non-hydrogen) atoms. The van der Waals surface area contributed by atoms with Gasteiger partial charge in [0.25, 0.3) is 5.91 Å². The number of fused-ring (bicyclic) bond motifs is 1. The average Bonchev–Trinajstić information content (AvgIpc) is 3.39. The summed E-state index contributed by atoms with van der Waals surface area (Å²) in [5.41, 5.74) is 1.48. The van der Waals surface area contributed by atoms with Crippen molar-refractivity contribution in [2.75, 3.05) is 13.9 Å². The van der Waals surface area contributed by atoms with Crippen LogP contribution in [0.25, 0.3) is 0 Å². The lowest BCUT2D eigenvalue weighted by molar-refractivity contribution is 0.0939. The third-order valence-corrected chi connectivity index (χ3v) is 5.27. The van der Waals surface area contributed by atoms with Crippen LogP contribution in [0.15, 0.2) is 36.4 Å². The standard InChI is InChI=1S/C22H25NO5/c1-14(23-22(24)16-8-9-18-21(12-16)27-13-26-18)15-7-10-19(20(11-15)25-2)28-17-5-3-4-6-17/h7-12,14,17H,3-6,13H2,1-2H3,(H,23,24). The Hall–Kier alpha value is -2.89. The Balaban J connectivity index is 1.45. The fraction of sp³-hybridized carbons (Fsp3) is 0.409. The van der Waals surface area contributed by atoms with E-state index >= 15 is 0 Å². The zero-order valence-electron chi connectivity index (χ0n) is 16.2. The fourth-order valence-corrected chi connectivity index (χ4v) is 3.64. The SMILES string of the molecule is COc1cc(C(C)NC(=O)c2ccc3c(c2)OCO3)ccc1OC1CCCC1. The van der Waals surface area contributed by atoms with E-state index in [1.165, 1.54) is 12.8 Å². The van der Waals surface area contributed by atoms with E-state index < -0.39 is 0 Å². The van der Waals surface area contributed by atoms with Gasteiger partial charge in [-0.05, 0) is 68.5 Å². The summed E-state index contributed by atoms with van der Waals surface area (Å²) in [6.45, 7) is 2.13. The summed E-state index contributed by atoms with van der Waals surface area (Å²) in [6.07, 6.45) is 4.88. The predicted molar refractivity (Wildman–Crippen MR) is 104 cm³/mol. The lowest BCUT2D eigenvalue weighted by Gasteiger charge is -2.19. The van der Waals surface area contributed by atoms with Crippen LogP contribution in [0.5, 0.6) is 23.0 Å². The molecule has 1 unspecified atom stereocenters. The van der Waals surface area contributed by atoms with Crippen LogP contribution in [0.4, 0.5) is 0 Å². The third-order valence-electron chi connectivity index (χ3n) is 5.27. The van der Waals surface area contributed by atoms with E-state index in [0.717, 1.165) is 24.2 Å². The maximum absolute atomic E-state index is 12.6. The third kappa shape index (κ3) is 3.86. The first-order valence-electron chi connectivity index (χ1n) is 9.69. The molecule has 0 spiro atoms. The van der Waals surface area contributed by atoms with Gasteiger partial charge in [-0.15, -0.1) is 0 Å². The Kier molecular flexibility index (Phi) is 5.28. The van der Waals surface area contributed by atoms with Gasteiger partial charge < -0.3 is 24.3 Å². The first-order chi connectivity index (χ1) is 13.6. The molecule has 2 aromatic carbocycles. The maximum Gasteiger partial charge on any atom is 0.251 e. The highest BCUT2D eigenvalue weighted by molar-refractivity contribution is 5.95. The molecule has 4 rings (SSSR count). The van der Waals surface area contributed by atoms with E-state index in [4.69, 9.17) is 18.9 Å². The molecule has 1 heterocycles. The minimum atomic E-state index is -0.188. The number of nitrogens with one attached hydrogen (secondary N) is 1. The molecule has 1 aliphatic heterocycles. The number of carbonyl (C=O) groups excluding carboxylic acids is 1. The minimum Gasteiger partial charge on any atom is -0.493 e. The molecule has 6 nitrogen and oxygen atoms in total. The molecule has 0 saturated heterocycles. The Morgan fingerprint density at radius 1 is 1.07 bits per heavy atom. The first-order valence-corrected chi connectivity index (χ1v) is 9.69. The highest BCUT2D eigenvalue weighted by atomic mass is 16.7. The largest absolute Gasteiger partial charge is 0.493 e. The molecule has 2 aromatic rings. The minimum absolute atomic E-state index is 0.170. The van der Waals surface area contributed by atoms with Gasteiger partial charge in [-0.2, -0.15) is 0 Å². The van der Waals surface area contributed by atoms with Gasteiger partial charge in [0.15, 0.2) is 23.0 Å². The number of rotatable bonds is 6. The van der Waals surface area contributed by atoms with Crippen LogP contribution in [0, 0.1) is 0 Å². The van der Waals surface area contributed by atoms with Crippen molar-refractivity contribution in [3.05, 3.63) is 47.5 Å². The number of ether oxygens (including phenoxy) is 4. The van der Waals surface area contributed by atoms with Gasteiger partial charge in [-0.3, -0.25) is 4.79 Å². The van der Waals surface area contributed by atoms with Crippen molar-refractivity contribution < 1.29 is 23.7 Å². The van der Waals surface area contributed by atoms with Crippen molar-refractivity contribution >= 4 is 5.91 Å². The number of benzene rings is 2. The molecule has 148 valence electrons. The second kappa shape index (κ2) is 8.00. The number of carbonyl (C=O) groups is 1. The van der Waals surface area contributed by atoms with Crippen molar-refractivity contribution in [1.29, 1.82) is 0 Å². The van der Waals surface area contributed by atoms with Crippen molar-refractivity contribution in [1.82, 2.24) is 5.32 Å². The van der Waals surface area contributed by atoms with Crippen molar-refractivity contribution in [2.24, 2.45) is 0 Å². The lowest BCUT2D eigenvalue weighted by Crippen LogP contribution is -2.26. The molecular weight excluding hydrogens is 358 g/mol. The smallest absolute Gasteiger partial charge is 0.251 e. The molecule has 0 aromatic heterocycles. The van der Waals surface area contributed by atoms with Gasteiger partial charge in [0, 0.05) is 5.56 Å². The van der Waals surface area contributed by atoms with Crippen LogP contribution in [-0.2, 0) is 0 Å². The monoisotopic (exact) mass is 383 g/mol. The van der Waals surface area contributed by atoms with E-state index in [-0.39, 0.29) is 24.8 Å². The van der Waals surface area contributed by atoms with Crippen molar-refractivity contribution in [3.63, 3.8) is 0 Å². The zero-order valence-corrected chi connectivity index (χ0v) is 16.2. The molecule has 1 fully saturated rings. The van der Waals surface area contributed by atoms with Gasteiger partial charge >= 0.3 is 0 Å². The number of hydrogen-bond acceptors (Lipinski definition) is 5. The second-order valence-corrected chi connectivity index (χ2v) is 7.20. The second-order valence-electron chi connectivity index (χ2n) is 7.20. The fourth-order valence-electron chi connectivity index (χ4n) is 3.64. The van der Waals surface area contributed by atoms with Crippen LogP contribution in [0.2, 0.25) is 0 Å². The summed E-state index contributed by atoms with van der Waals surface area (Å²) in [6, 6.07) is 10.8. The summed E-state index contributed by atoms with van der Waals surface area (Å²) in [7, 11) is 1.64. The van der Waals surface area contributed by atoms with E-state index in [9.17, 15) is 4.79 Å². The topological polar surface area (TPSA) is 66.0 Å². The molecule has 1 amide bonds. The molecule has 1 atom stereocenters. The Morgan fingerprint density at radius 3 is 2.64 bits per heavy atom. The van der Waals surface area contributed by atoms with Crippen LogP contribution in [-0.4, -0.2) is 25.9 Å². The van der Waals surface area contributed by atoms with Crippen molar-refractivity contribution in [2.45, 2.75) is 44.8 Å². The number of methoxy groups -OCH3 is 1. The van der Waals surface area contributed by atoms with E-state index in [2.05, 4.69) is 5.32 Å². The molecule has 1 saturated carbocycles. The summed E-state index contributed by atoms with van der Waals surface area (Å²) < 4.78 is 22.2.